The molecule has 0 radical (unpaired) electrons. The quantitative estimate of drug-likeness (QED) is 0.756. The molecular formula is C14H13BrClNOS. The molecule has 0 bridgehead atoms. The standard InChI is InChI=1S/C14H13BrClNOS/c1-9(10-4-3-5-12(16)6-10)17(2)14(18)11-7-13(15)19-8-11/h3-9H,1-2H3. The van der Waals surface area contributed by atoms with Gasteiger partial charge in [0.1, 0.15) is 0 Å². The van der Waals surface area contributed by atoms with Crippen molar-refractivity contribution in [1.29, 1.82) is 0 Å². The summed E-state index contributed by atoms with van der Waals surface area (Å²) < 4.78 is 0.958. The number of benzene rings is 1. The first-order valence-electron chi connectivity index (χ1n) is 5.75. The lowest BCUT2D eigenvalue weighted by Crippen LogP contribution is -2.29. The van der Waals surface area contributed by atoms with Crippen LogP contribution in [-0.4, -0.2) is 17.9 Å². The SMILES string of the molecule is CC(c1cccc(Cl)c1)N(C)C(=O)c1csc(Br)c1. The molecule has 1 aromatic carbocycles. The van der Waals surface area contributed by atoms with Gasteiger partial charge >= 0.3 is 0 Å². The monoisotopic (exact) mass is 357 g/mol. The second kappa shape index (κ2) is 6.07. The molecule has 19 heavy (non-hydrogen) atoms. The van der Waals surface area contributed by atoms with Crippen LogP contribution < -0.4 is 0 Å². The zero-order valence-electron chi connectivity index (χ0n) is 10.6. The van der Waals surface area contributed by atoms with E-state index < -0.39 is 0 Å². The van der Waals surface area contributed by atoms with Crippen LogP contribution >= 0.6 is 38.9 Å². The van der Waals surface area contributed by atoms with Crippen LogP contribution in [-0.2, 0) is 0 Å². The van der Waals surface area contributed by atoms with Crippen LogP contribution in [0.1, 0.15) is 28.9 Å². The average molecular weight is 359 g/mol. The fourth-order valence-electron chi connectivity index (χ4n) is 1.79. The maximum atomic E-state index is 12.3. The van der Waals surface area contributed by atoms with Crippen molar-refractivity contribution in [2.45, 2.75) is 13.0 Å². The van der Waals surface area contributed by atoms with Gasteiger partial charge in [-0.1, -0.05) is 23.7 Å². The Hall–Kier alpha value is -0.840. The first-order valence-corrected chi connectivity index (χ1v) is 7.80. The molecule has 0 N–H and O–H groups in total. The van der Waals surface area contributed by atoms with Crippen LogP contribution in [0.2, 0.25) is 5.02 Å². The van der Waals surface area contributed by atoms with E-state index in [1.165, 1.54) is 11.3 Å². The van der Waals surface area contributed by atoms with Gasteiger partial charge in [0.15, 0.2) is 0 Å². The summed E-state index contributed by atoms with van der Waals surface area (Å²) in [5, 5.41) is 2.54. The largest absolute Gasteiger partial charge is 0.335 e. The summed E-state index contributed by atoms with van der Waals surface area (Å²) in [7, 11) is 1.81. The third kappa shape index (κ3) is 3.38. The van der Waals surface area contributed by atoms with E-state index in [9.17, 15) is 4.79 Å². The molecular weight excluding hydrogens is 346 g/mol. The van der Waals surface area contributed by atoms with E-state index >= 15 is 0 Å². The molecule has 2 nitrogen and oxygen atoms in total. The van der Waals surface area contributed by atoms with E-state index in [0.29, 0.717) is 10.6 Å². The maximum absolute atomic E-state index is 12.3. The van der Waals surface area contributed by atoms with Crippen molar-refractivity contribution < 1.29 is 4.79 Å². The van der Waals surface area contributed by atoms with Gasteiger partial charge in [-0.15, -0.1) is 11.3 Å². The molecule has 1 aromatic heterocycles. The molecule has 1 amide bonds. The highest BCUT2D eigenvalue weighted by molar-refractivity contribution is 9.11. The van der Waals surface area contributed by atoms with Gasteiger partial charge in [0.25, 0.3) is 5.91 Å². The zero-order valence-corrected chi connectivity index (χ0v) is 13.7. The van der Waals surface area contributed by atoms with Gasteiger partial charge in [0.2, 0.25) is 0 Å². The van der Waals surface area contributed by atoms with Crippen molar-refractivity contribution >= 4 is 44.8 Å². The van der Waals surface area contributed by atoms with Crippen molar-refractivity contribution in [3.63, 3.8) is 0 Å². The molecule has 2 aromatic rings. The summed E-state index contributed by atoms with van der Waals surface area (Å²) in [6, 6.07) is 9.41. The van der Waals surface area contributed by atoms with E-state index in [0.717, 1.165) is 9.35 Å². The fraction of sp³-hybridized carbons (Fsp3) is 0.214. The molecule has 100 valence electrons. The van der Waals surface area contributed by atoms with Crippen LogP contribution in [0.3, 0.4) is 0 Å². The number of nitrogens with zero attached hydrogens (tertiary/aromatic N) is 1. The Labute approximate surface area is 130 Å². The Balaban J connectivity index is 2.19. The van der Waals surface area contributed by atoms with E-state index in [2.05, 4.69) is 15.9 Å². The second-order valence-electron chi connectivity index (χ2n) is 4.29. The summed E-state index contributed by atoms with van der Waals surface area (Å²) in [5.74, 6) is 0.00873. The van der Waals surface area contributed by atoms with E-state index in [-0.39, 0.29) is 11.9 Å². The van der Waals surface area contributed by atoms with Gasteiger partial charge in [-0.2, -0.15) is 0 Å². The van der Waals surface area contributed by atoms with E-state index in [4.69, 9.17) is 11.6 Å². The summed E-state index contributed by atoms with van der Waals surface area (Å²) in [6.45, 7) is 1.99. The van der Waals surface area contributed by atoms with Crippen molar-refractivity contribution in [1.82, 2.24) is 4.90 Å². The highest BCUT2D eigenvalue weighted by atomic mass is 79.9. The molecule has 1 atom stereocenters. The number of hydrogen-bond acceptors (Lipinski definition) is 2. The Morgan fingerprint density at radius 3 is 2.74 bits per heavy atom. The van der Waals surface area contributed by atoms with Gasteiger partial charge in [-0.05, 0) is 46.6 Å². The number of carbonyl (C=O) groups is 1. The molecule has 2 rings (SSSR count). The predicted octanol–water partition coefficient (Wildman–Crippen LogP) is 5.00. The van der Waals surface area contributed by atoms with Crippen LogP contribution in [0, 0.1) is 0 Å². The minimum absolute atomic E-state index is 0.00873. The number of thiophene rings is 1. The molecule has 0 saturated heterocycles. The lowest BCUT2D eigenvalue weighted by molar-refractivity contribution is 0.0743. The second-order valence-corrected chi connectivity index (χ2v) is 7.01. The van der Waals surface area contributed by atoms with E-state index in [1.807, 2.05) is 42.6 Å². The van der Waals surface area contributed by atoms with Crippen LogP contribution in [0.5, 0.6) is 0 Å². The van der Waals surface area contributed by atoms with Gasteiger partial charge in [0.05, 0.1) is 15.4 Å². The third-order valence-corrected chi connectivity index (χ3v) is 4.79. The van der Waals surface area contributed by atoms with Gasteiger partial charge in [-0.25, -0.2) is 0 Å². The molecule has 0 aliphatic carbocycles. The fourth-order valence-corrected chi connectivity index (χ4v) is 3.12. The Morgan fingerprint density at radius 2 is 2.16 bits per heavy atom. The molecule has 0 aliphatic rings. The average Bonchev–Trinajstić information content (AvgIpc) is 2.83. The number of amides is 1. The molecule has 0 saturated carbocycles. The predicted molar refractivity (Wildman–Crippen MR) is 84.0 cm³/mol. The summed E-state index contributed by atoms with van der Waals surface area (Å²) in [6.07, 6.45) is 0. The highest BCUT2D eigenvalue weighted by Gasteiger charge is 2.19. The Bertz CT molecular complexity index is 599. The van der Waals surface area contributed by atoms with Crippen LogP contribution in [0.15, 0.2) is 39.5 Å². The molecule has 1 unspecified atom stereocenters. The minimum atomic E-state index is -0.0233. The summed E-state index contributed by atoms with van der Waals surface area (Å²) >= 11 is 10.9. The third-order valence-electron chi connectivity index (χ3n) is 3.05. The van der Waals surface area contributed by atoms with Crippen molar-refractivity contribution in [2.24, 2.45) is 0 Å². The Kier molecular flexibility index (Phi) is 4.66. The normalized spacial score (nSPS) is 12.2. The molecule has 1 heterocycles. The van der Waals surface area contributed by atoms with Crippen LogP contribution in [0.4, 0.5) is 0 Å². The smallest absolute Gasteiger partial charge is 0.254 e. The van der Waals surface area contributed by atoms with Crippen molar-refractivity contribution in [2.75, 3.05) is 7.05 Å². The number of halogens is 2. The van der Waals surface area contributed by atoms with Crippen molar-refractivity contribution in [3.8, 4) is 0 Å². The molecule has 0 spiro atoms. The number of rotatable bonds is 3. The Morgan fingerprint density at radius 1 is 1.42 bits per heavy atom. The summed E-state index contributed by atoms with van der Waals surface area (Å²) in [5.41, 5.74) is 1.73. The maximum Gasteiger partial charge on any atom is 0.254 e. The van der Waals surface area contributed by atoms with Gasteiger partial charge in [0, 0.05) is 17.5 Å². The first-order chi connectivity index (χ1) is 8.99. The van der Waals surface area contributed by atoms with Gasteiger partial charge < -0.3 is 4.90 Å². The molecule has 0 aliphatic heterocycles. The topological polar surface area (TPSA) is 20.3 Å². The molecule has 5 heteroatoms. The first kappa shape index (κ1) is 14.6. The lowest BCUT2D eigenvalue weighted by Gasteiger charge is -2.25. The summed E-state index contributed by atoms with van der Waals surface area (Å²) in [4.78, 5) is 14.1. The zero-order chi connectivity index (χ0) is 14.0. The molecule has 0 fully saturated rings. The number of carbonyl (C=O) groups excluding carboxylic acids is 1. The number of hydrogen-bond donors (Lipinski definition) is 0. The van der Waals surface area contributed by atoms with Crippen LogP contribution in [0.25, 0.3) is 0 Å². The highest BCUT2D eigenvalue weighted by Crippen LogP contribution is 2.26. The van der Waals surface area contributed by atoms with E-state index in [1.54, 1.807) is 11.9 Å². The minimum Gasteiger partial charge on any atom is -0.335 e. The van der Waals surface area contributed by atoms with Crippen molar-refractivity contribution in [3.05, 3.63) is 55.6 Å². The van der Waals surface area contributed by atoms with Gasteiger partial charge in [-0.3, -0.25) is 4.79 Å². The lowest BCUT2D eigenvalue weighted by atomic mass is 10.1.